The highest BCUT2D eigenvalue weighted by molar-refractivity contribution is 7.47. The normalized spacial score (nSPS) is 14.5. The summed E-state index contributed by atoms with van der Waals surface area (Å²) in [4.78, 5) is 72.9. The van der Waals surface area contributed by atoms with Gasteiger partial charge < -0.3 is 33.8 Å². The monoisotopic (exact) mass is 1450 g/mol. The molecule has 0 fully saturated rings. The van der Waals surface area contributed by atoms with Crippen LogP contribution >= 0.6 is 15.6 Å². The lowest BCUT2D eigenvalue weighted by Crippen LogP contribution is -2.30. The van der Waals surface area contributed by atoms with Gasteiger partial charge in [-0.2, -0.15) is 0 Å². The van der Waals surface area contributed by atoms with Crippen molar-refractivity contribution >= 4 is 39.5 Å². The molecule has 0 aromatic carbocycles. The summed E-state index contributed by atoms with van der Waals surface area (Å²) in [5.74, 6) is -2.22. The van der Waals surface area contributed by atoms with Crippen molar-refractivity contribution < 1.29 is 80.2 Å². The number of unbranched alkanes of at least 4 members (excludes halogenated alkanes) is 29. The van der Waals surface area contributed by atoms with E-state index in [4.69, 9.17) is 37.0 Å². The average Bonchev–Trinajstić information content (AvgIpc) is 0.940. The zero-order valence-corrected chi connectivity index (χ0v) is 64.6. The van der Waals surface area contributed by atoms with Crippen LogP contribution in [0.3, 0.4) is 0 Å². The fraction of sp³-hybridized carbons (Fsp3) is 0.728. The Bertz CT molecular complexity index is 2320. The number of hydrogen-bond donors (Lipinski definition) is 3. The minimum absolute atomic E-state index is 0.0893. The predicted octanol–water partition coefficient (Wildman–Crippen LogP) is 22.6. The average molecular weight is 1450 g/mol. The van der Waals surface area contributed by atoms with Crippen molar-refractivity contribution in [2.24, 2.45) is 0 Å². The largest absolute Gasteiger partial charge is 0.472 e. The number of phosphoric ester groups is 2. The number of esters is 4. The lowest BCUT2D eigenvalue weighted by Gasteiger charge is -2.21. The van der Waals surface area contributed by atoms with Gasteiger partial charge in [-0.3, -0.25) is 37.3 Å². The maximum absolute atomic E-state index is 13.1. The molecule has 0 bridgehead atoms. The van der Waals surface area contributed by atoms with Crippen molar-refractivity contribution in [3.63, 3.8) is 0 Å². The third kappa shape index (κ3) is 72.1. The van der Waals surface area contributed by atoms with Crippen LogP contribution in [0.4, 0.5) is 0 Å². The number of ether oxygens (including phenoxy) is 4. The van der Waals surface area contributed by atoms with Crippen LogP contribution in [-0.2, 0) is 65.4 Å². The highest BCUT2D eigenvalue weighted by Crippen LogP contribution is 2.45. The van der Waals surface area contributed by atoms with Crippen molar-refractivity contribution in [2.75, 3.05) is 39.6 Å². The number of rotatable bonds is 73. The number of carbonyl (C=O) groups excluding carboxylic acids is 4. The number of phosphoric acid groups is 2. The standard InChI is InChI=1S/C81H140O17P2/c1-5-9-13-17-21-25-29-32-34-36-37-39-41-44-47-50-54-58-62-66-79(84)92-72-77(98-81(86)68-64-60-56-52-48-42-31-27-23-19-15-11-7-3)74-96-100(89,90)94-70-75(82)69-93-99(87,88)95-73-76(97-80(85)67-63-59-55-51-45-28-24-20-16-12-8-4)71-91-78(83)65-61-57-53-49-46-43-40-38-35-33-30-26-22-18-14-10-6-2/h9-10,13-14,21-22,25-26,32-35,37,39-40,43-44,47,75-77,82H,5-8,11-12,15-20,23-24,27-31,36,38,41-42,45-46,48-74H2,1-4H3,(H,87,88)(H,89,90)/b13-9-,14-10-,25-21-,26-22-,34-32-,35-33-,39-37-,43-40-,47-44-. The molecule has 0 aliphatic carbocycles. The van der Waals surface area contributed by atoms with Gasteiger partial charge in [0.2, 0.25) is 0 Å². The van der Waals surface area contributed by atoms with E-state index in [1.807, 2.05) is 0 Å². The maximum Gasteiger partial charge on any atom is 0.472 e. The van der Waals surface area contributed by atoms with Gasteiger partial charge in [0.15, 0.2) is 12.2 Å². The van der Waals surface area contributed by atoms with E-state index in [1.165, 1.54) is 89.9 Å². The topological polar surface area (TPSA) is 237 Å². The van der Waals surface area contributed by atoms with E-state index in [0.717, 1.165) is 154 Å². The molecule has 0 amide bonds. The maximum atomic E-state index is 13.1. The first-order valence-electron chi connectivity index (χ1n) is 39.1. The van der Waals surface area contributed by atoms with E-state index in [1.54, 1.807) is 0 Å². The molecule has 17 nitrogen and oxygen atoms in total. The summed E-state index contributed by atoms with van der Waals surface area (Å²) >= 11 is 0. The Morgan fingerprint density at radius 3 is 0.810 bits per heavy atom. The molecule has 0 radical (unpaired) electrons. The molecule has 0 aliphatic rings. The molecule has 0 heterocycles. The van der Waals surface area contributed by atoms with Crippen LogP contribution in [0, 0.1) is 0 Å². The Hall–Kier alpha value is -4.28. The summed E-state index contributed by atoms with van der Waals surface area (Å²) in [6, 6.07) is 0. The first-order valence-corrected chi connectivity index (χ1v) is 42.1. The number of aliphatic hydroxyl groups is 1. The second-order valence-electron chi connectivity index (χ2n) is 25.9. The van der Waals surface area contributed by atoms with E-state index in [9.17, 15) is 43.2 Å². The fourth-order valence-electron chi connectivity index (χ4n) is 10.4. The van der Waals surface area contributed by atoms with E-state index in [-0.39, 0.29) is 25.7 Å². The third-order valence-corrected chi connectivity index (χ3v) is 18.2. The first-order chi connectivity index (χ1) is 48.7. The summed E-state index contributed by atoms with van der Waals surface area (Å²) in [6.45, 7) is 4.60. The van der Waals surface area contributed by atoms with Gasteiger partial charge in [0.25, 0.3) is 0 Å². The second kappa shape index (κ2) is 73.0. The molecule has 0 saturated heterocycles. The summed E-state index contributed by atoms with van der Waals surface area (Å²) in [5, 5.41) is 10.6. The molecule has 0 spiro atoms. The van der Waals surface area contributed by atoms with E-state index >= 15 is 0 Å². The SMILES string of the molecule is CC/C=C\C/C=C\C/C=C\C/C=C\C/C=C\CCCCCC(=O)OCC(COP(=O)(O)OCC(O)COP(=O)(O)OCC(COC(=O)CCCCCC/C=C\C/C=C\C/C=C\C/C=C\CC)OC(=O)CCCCCCCCCCCCC)OC(=O)CCCCCCCCCCCCCCC. The van der Waals surface area contributed by atoms with Crippen LogP contribution in [0.1, 0.15) is 323 Å². The summed E-state index contributed by atoms with van der Waals surface area (Å²) in [6.07, 6.45) is 77.9. The Morgan fingerprint density at radius 1 is 0.290 bits per heavy atom. The molecule has 0 aromatic heterocycles. The summed E-state index contributed by atoms with van der Waals surface area (Å²) in [7, 11) is -9.96. The van der Waals surface area contributed by atoms with Gasteiger partial charge in [0, 0.05) is 25.7 Å². The molecule has 0 aromatic rings. The molecule has 0 saturated carbocycles. The zero-order chi connectivity index (χ0) is 73.2. The van der Waals surface area contributed by atoms with Crippen LogP contribution < -0.4 is 0 Å². The Balaban J connectivity index is 5.34. The highest BCUT2D eigenvalue weighted by atomic mass is 31.2. The van der Waals surface area contributed by atoms with Gasteiger partial charge >= 0.3 is 39.5 Å². The molecule has 3 N–H and O–H groups in total. The minimum atomic E-state index is -4.98. The van der Waals surface area contributed by atoms with Crippen LogP contribution in [0.15, 0.2) is 109 Å². The van der Waals surface area contributed by atoms with Crippen molar-refractivity contribution in [3.05, 3.63) is 109 Å². The smallest absolute Gasteiger partial charge is 0.462 e. The fourth-order valence-corrected chi connectivity index (χ4v) is 11.9. The van der Waals surface area contributed by atoms with Gasteiger partial charge in [-0.15, -0.1) is 0 Å². The first kappa shape index (κ1) is 95.7. The molecule has 0 aliphatic heterocycles. The Kier molecular flexibility index (Phi) is 69.9. The quantitative estimate of drug-likeness (QED) is 0.0169. The highest BCUT2D eigenvalue weighted by Gasteiger charge is 2.30. The van der Waals surface area contributed by atoms with Crippen LogP contribution in [0.2, 0.25) is 0 Å². The second-order valence-corrected chi connectivity index (χ2v) is 28.8. The van der Waals surface area contributed by atoms with Gasteiger partial charge in [-0.1, -0.05) is 298 Å². The number of hydrogen-bond acceptors (Lipinski definition) is 15. The number of aliphatic hydroxyl groups excluding tert-OH is 1. The Morgan fingerprint density at radius 2 is 0.520 bits per heavy atom. The van der Waals surface area contributed by atoms with E-state index in [2.05, 4.69) is 137 Å². The Labute approximate surface area is 607 Å². The molecular weight excluding hydrogens is 1310 g/mol. The lowest BCUT2D eigenvalue weighted by molar-refractivity contribution is -0.161. The van der Waals surface area contributed by atoms with Crippen molar-refractivity contribution in [2.45, 2.75) is 341 Å². The molecule has 0 rings (SSSR count). The zero-order valence-electron chi connectivity index (χ0n) is 62.8. The summed E-state index contributed by atoms with van der Waals surface area (Å²) < 4.78 is 68.5. The van der Waals surface area contributed by atoms with Crippen LogP contribution in [-0.4, -0.2) is 96.7 Å². The lowest BCUT2D eigenvalue weighted by atomic mass is 10.0. The molecule has 5 atom stereocenters. The van der Waals surface area contributed by atoms with Gasteiger partial charge in [0.05, 0.1) is 26.4 Å². The van der Waals surface area contributed by atoms with E-state index < -0.39 is 97.5 Å². The van der Waals surface area contributed by atoms with Crippen LogP contribution in [0.5, 0.6) is 0 Å². The van der Waals surface area contributed by atoms with Gasteiger partial charge in [-0.05, 0) is 109 Å². The molecule has 100 heavy (non-hydrogen) atoms. The van der Waals surface area contributed by atoms with E-state index in [0.29, 0.717) is 25.7 Å². The number of allylic oxidation sites excluding steroid dienone is 18. The molecule has 576 valence electrons. The van der Waals surface area contributed by atoms with Gasteiger partial charge in [-0.25, -0.2) is 9.13 Å². The van der Waals surface area contributed by atoms with Crippen molar-refractivity contribution in [3.8, 4) is 0 Å². The predicted molar refractivity (Wildman–Crippen MR) is 408 cm³/mol. The van der Waals surface area contributed by atoms with Crippen molar-refractivity contribution in [1.29, 1.82) is 0 Å². The number of carbonyl (C=O) groups is 4. The summed E-state index contributed by atoms with van der Waals surface area (Å²) in [5.41, 5.74) is 0. The molecule has 19 heteroatoms. The third-order valence-electron chi connectivity index (χ3n) is 16.3. The van der Waals surface area contributed by atoms with Crippen LogP contribution in [0.25, 0.3) is 0 Å². The molecule has 5 unspecified atom stereocenters. The van der Waals surface area contributed by atoms with Crippen molar-refractivity contribution in [1.82, 2.24) is 0 Å². The van der Waals surface area contributed by atoms with Gasteiger partial charge in [0.1, 0.15) is 19.3 Å². The minimum Gasteiger partial charge on any atom is -0.462 e. The molecular formula is C81H140O17P2.